The lowest BCUT2D eigenvalue weighted by Gasteiger charge is -2.52. The second kappa shape index (κ2) is 6.60. The largest absolute Gasteiger partial charge is 0.458 e. The summed E-state index contributed by atoms with van der Waals surface area (Å²) < 4.78 is 6.80. The number of rotatable bonds is 1. The number of anilines is 2. The van der Waals surface area contributed by atoms with E-state index in [0.29, 0.717) is 0 Å². The van der Waals surface area contributed by atoms with Crippen molar-refractivity contribution in [2.45, 2.75) is 50.5 Å². The molecule has 0 saturated heterocycles. The van der Waals surface area contributed by atoms with Crippen molar-refractivity contribution in [3.05, 3.63) is 90.5 Å². The molecule has 8 rings (SSSR count). The number of nitrogens with zero attached hydrogens (tertiary/aromatic N) is 1. The first kappa shape index (κ1) is 19.8. The van der Waals surface area contributed by atoms with Crippen molar-refractivity contribution in [1.29, 1.82) is 0 Å². The van der Waals surface area contributed by atoms with Crippen LogP contribution in [0.25, 0.3) is 11.1 Å². The number of fused-ring (bicyclic) bond motifs is 7. The fraction of sp³-hybridized carbons (Fsp3) is 0.250. The molecule has 3 heterocycles. The van der Waals surface area contributed by atoms with Gasteiger partial charge in [-0.05, 0) is 59.4 Å². The van der Waals surface area contributed by atoms with Gasteiger partial charge in [-0.25, -0.2) is 0 Å². The molecule has 0 spiro atoms. The van der Waals surface area contributed by atoms with E-state index in [2.05, 4.69) is 104 Å². The lowest BCUT2D eigenvalue weighted by atomic mass is 9.34. The van der Waals surface area contributed by atoms with Gasteiger partial charge in [0.25, 0.3) is 6.71 Å². The van der Waals surface area contributed by atoms with Crippen molar-refractivity contribution in [3.63, 3.8) is 0 Å². The molecule has 4 aromatic rings. The molecule has 0 bridgehead atoms. The molecule has 2 nitrogen and oxygen atoms in total. The van der Waals surface area contributed by atoms with Crippen LogP contribution in [0.1, 0.15) is 45.1 Å². The zero-order valence-electron chi connectivity index (χ0n) is 20.3. The van der Waals surface area contributed by atoms with Crippen molar-refractivity contribution < 1.29 is 4.74 Å². The van der Waals surface area contributed by atoms with E-state index in [4.69, 9.17) is 4.74 Å². The third-order valence-corrected chi connectivity index (χ3v) is 9.69. The van der Waals surface area contributed by atoms with Gasteiger partial charge in [-0.2, -0.15) is 0 Å². The summed E-state index contributed by atoms with van der Waals surface area (Å²) in [6.45, 7) is 5.23. The Bertz CT molecular complexity index is 1530. The predicted octanol–water partition coefficient (Wildman–Crippen LogP) is 6.03. The minimum atomic E-state index is 0.0793. The Kier molecular flexibility index (Phi) is 3.74. The molecule has 35 heavy (non-hydrogen) atoms. The highest BCUT2D eigenvalue weighted by Crippen LogP contribution is 2.61. The quantitative estimate of drug-likeness (QED) is 0.288. The van der Waals surface area contributed by atoms with Gasteiger partial charge in [0.15, 0.2) is 0 Å². The highest BCUT2D eigenvalue weighted by Gasteiger charge is 2.61. The summed E-state index contributed by atoms with van der Waals surface area (Å²) in [4.78, 5) is 2.72. The van der Waals surface area contributed by atoms with Crippen molar-refractivity contribution in [2.75, 3.05) is 4.90 Å². The first-order valence-electron chi connectivity index (χ1n) is 13.0. The summed E-state index contributed by atoms with van der Waals surface area (Å²) in [5.41, 5.74) is 11.0. The molecular weight excluding hydrogens is 425 g/mol. The molecule has 4 aromatic carbocycles. The van der Waals surface area contributed by atoms with Gasteiger partial charge < -0.3 is 9.64 Å². The Balaban J connectivity index is 1.45. The van der Waals surface area contributed by atoms with Crippen LogP contribution in [0.15, 0.2) is 84.9 Å². The first-order chi connectivity index (χ1) is 17.1. The van der Waals surface area contributed by atoms with E-state index in [1.54, 1.807) is 5.56 Å². The number of benzene rings is 4. The summed E-state index contributed by atoms with van der Waals surface area (Å²) in [7, 11) is 0. The van der Waals surface area contributed by atoms with E-state index in [1.807, 2.05) is 0 Å². The van der Waals surface area contributed by atoms with Crippen LogP contribution in [0.3, 0.4) is 0 Å². The van der Waals surface area contributed by atoms with Crippen LogP contribution < -0.4 is 26.0 Å². The standard InChI is InChI=1S/C32H28BNO/c1-31-19-6-7-20-32(31,2)34-26-17-10-18-27-28(26)33(24-15-9-14-23(31)29(24)34)25-16-8-13-22(30(25)35-27)21-11-4-3-5-12-21/h3-5,8-18H,6-7,19-20H2,1-2H3/t31-,32?/m0/s1. The highest BCUT2D eigenvalue weighted by molar-refractivity contribution is 6.99. The SMILES string of the molecule is CC12CCCC[C@@]1(C)c1cccc3c1N2c1cccc2c1B3c1cccc(-c3ccccc3)c1O2. The first-order valence-corrected chi connectivity index (χ1v) is 13.0. The molecule has 170 valence electrons. The van der Waals surface area contributed by atoms with E-state index in [9.17, 15) is 0 Å². The van der Waals surface area contributed by atoms with Crippen LogP contribution in [0.4, 0.5) is 11.4 Å². The Morgan fingerprint density at radius 2 is 1.54 bits per heavy atom. The van der Waals surface area contributed by atoms with Gasteiger partial charge >= 0.3 is 0 Å². The van der Waals surface area contributed by atoms with Crippen LogP contribution in [0.2, 0.25) is 0 Å². The van der Waals surface area contributed by atoms with Crippen molar-refractivity contribution >= 4 is 34.5 Å². The van der Waals surface area contributed by atoms with E-state index >= 15 is 0 Å². The van der Waals surface area contributed by atoms with Crippen LogP contribution >= 0.6 is 0 Å². The number of para-hydroxylation sites is 2. The third-order valence-electron chi connectivity index (χ3n) is 9.69. The Morgan fingerprint density at radius 1 is 0.771 bits per heavy atom. The van der Waals surface area contributed by atoms with Gasteiger partial charge in [-0.15, -0.1) is 0 Å². The summed E-state index contributed by atoms with van der Waals surface area (Å²) in [5, 5.41) is 0. The van der Waals surface area contributed by atoms with E-state index in [1.165, 1.54) is 64.6 Å². The molecule has 3 aliphatic heterocycles. The fourth-order valence-electron chi connectivity index (χ4n) is 7.83. The predicted molar refractivity (Wildman–Crippen MR) is 146 cm³/mol. The molecule has 2 atom stereocenters. The number of hydrogen-bond acceptors (Lipinski definition) is 2. The topological polar surface area (TPSA) is 12.5 Å². The molecule has 1 fully saturated rings. The van der Waals surface area contributed by atoms with Gasteiger partial charge in [-0.1, -0.05) is 92.6 Å². The van der Waals surface area contributed by atoms with Gasteiger partial charge in [-0.3, -0.25) is 0 Å². The van der Waals surface area contributed by atoms with Crippen LogP contribution in [-0.4, -0.2) is 12.3 Å². The number of hydrogen-bond donors (Lipinski definition) is 0. The fourth-order valence-corrected chi connectivity index (χ4v) is 7.83. The van der Waals surface area contributed by atoms with Crippen LogP contribution in [0.5, 0.6) is 11.5 Å². The zero-order chi connectivity index (χ0) is 23.4. The second-order valence-electron chi connectivity index (χ2n) is 11.2. The molecule has 1 aliphatic carbocycles. The van der Waals surface area contributed by atoms with E-state index in [-0.39, 0.29) is 17.7 Å². The lowest BCUT2D eigenvalue weighted by Crippen LogP contribution is -2.63. The third kappa shape index (κ3) is 2.28. The molecule has 4 aliphatic rings. The minimum absolute atomic E-state index is 0.0793. The Labute approximate surface area is 207 Å². The average molecular weight is 453 g/mol. The smallest absolute Gasteiger partial charge is 0.256 e. The van der Waals surface area contributed by atoms with Gasteiger partial charge in [0.05, 0.1) is 5.54 Å². The molecule has 0 radical (unpaired) electrons. The molecule has 0 aromatic heterocycles. The maximum Gasteiger partial charge on any atom is 0.256 e. The molecule has 1 saturated carbocycles. The number of ether oxygens (including phenoxy) is 1. The minimum Gasteiger partial charge on any atom is -0.458 e. The summed E-state index contributed by atoms with van der Waals surface area (Å²) >= 11 is 0. The molecule has 1 unspecified atom stereocenters. The maximum absolute atomic E-state index is 6.80. The van der Waals surface area contributed by atoms with Crippen molar-refractivity contribution in [3.8, 4) is 22.6 Å². The molecule has 0 N–H and O–H groups in total. The van der Waals surface area contributed by atoms with E-state index < -0.39 is 0 Å². The molecule has 3 heteroatoms. The summed E-state index contributed by atoms with van der Waals surface area (Å²) in [6, 6.07) is 31.1. The summed E-state index contributed by atoms with van der Waals surface area (Å²) in [5.74, 6) is 2.01. The normalized spacial score (nSPS) is 24.7. The lowest BCUT2D eigenvalue weighted by molar-refractivity contribution is 0.195. The monoisotopic (exact) mass is 453 g/mol. The molecular formula is C32H28BNO. The van der Waals surface area contributed by atoms with Crippen molar-refractivity contribution in [2.24, 2.45) is 0 Å². The molecule has 0 amide bonds. The van der Waals surface area contributed by atoms with Gasteiger partial charge in [0.1, 0.15) is 11.5 Å². The Hall–Kier alpha value is -3.46. The zero-order valence-corrected chi connectivity index (χ0v) is 20.3. The summed E-state index contributed by atoms with van der Waals surface area (Å²) in [6.07, 6.45) is 5.08. The van der Waals surface area contributed by atoms with Crippen LogP contribution in [0, 0.1) is 0 Å². The highest BCUT2D eigenvalue weighted by atomic mass is 16.5. The van der Waals surface area contributed by atoms with Crippen molar-refractivity contribution in [1.82, 2.24) is 0 Å². The second-order valence-corrected chi connectivity index (χ2v) is 11.2. The van der Waals surface area contributed by atoms with Gasteiger partial charge in [0, 0.05) is 22.4 Å². The van der Waals surface area contributed by atoms with Gasteiger partial charge in [0.2, 0.25) is 0 Å². The van der Waals surface area contributed by atoms with E-state index in [0.717, 1.165) is 11.5 Å². The maximum atomic E-state index is 6.80. The van der Waals surface area contributed by atoms with Crippen LogP contribution in [-0.2, 0) is 5.41 Å². The average Bonchev–Trinajstić information content (AvgIpc) is 3.11. The Morgan fingerprint density at radius 3 is 2.43 bits per heavy atom.